The maximum Gasteiger partial charge on any atom is 0.0739 e. The van der Waals surface area contributed by atoms with E-state index in [0.29, 0.717) is 5.25 Å². The van der Waals surface area contributed by atoms with Gasteiger partial charge in [-0.3, -0.25) is 4.68 Å². The van der Waals surface area contributed by atoms with E-state index < -0.39 is 0 Å². The summed E-state index contributed by atoms with van der Waals surface area (Å²) in [6.45, 7) is 12.0. The van der Waals surface area contributed by atoms with Crippen LogP contribution in [-0.2, 0) is 12.3 Å². The average Bonchev–Trinajstić information content (AvgIpc) is 2.51. The fourth-order valence-electron chi connectivity index (χ4n) is 1.41. The molecule has 1 aromatic heterocycles. The number of aryl methyl sites for hydroxylation is 2. The van der Waals surface area contributed by atoms with E-state index >= 15 is 0 Å². The van der Waals surface area contributed by atoms with Crippen molar-refractivity contribution in [3.8, 4) is 0 Å². The zero-order valence-electron chi connectivity index (χ0n) is 10.7. The van der Waals surface area contributed by atoms with Gasteiger partial charge >= 0.3 is 0 Å². The number of aromatic nitrogens is 2. The van der Waals surface area contributed by atoms with Gasteiger partial charge in [0.05, 0.1) is 15.9 Å². The van der Waals surface area contributed by atoms with Gasteiger partial charge in [-0.05, 0) is 35.7 Å². The first-order valence-corrected chi connectivity index (χ1v) is 7.64. The number of hydrogen-bond acceptors (Lipinski definition) is 2. The Bertz CT molecular complexity index is 347. The molecule has 1 aromatic rings. The quantitative estimate of drug-likeness (QED) is 0.809. The maximum atomic E-state index is 4.51. The molecule has 0 amide bonds. The zero-order valence-corrected chi connectivity index (χ0v) is 13.2. The molecule has 1 atom stereocenters. The highest BCUT2D eigenvalue weighted by atomic mass is 79.9. The molecule has 16 heavy (non-hydrogen) atoms. The molecule has 1 unspecified atom stereocenters. The molecule has 1 heterocycles. The smallest absolute Gasteiger partial charge is 0.0739 e. The molecular formula is C12H21BrN2S. The van der Waals surface area contributed by atoms with Gasteiger partial charge < -0.3 is 0 Å². The summed E-state index contributed by atoms with van der Waals surface area (Å²) in [6.07, 6.45) is 0. The minimum absolute atomic E-state index is 0.687. The summed E-state index contributed by atoms with van der Waals surface area (Å²) < 4.78 is 3.28. The molecule has 0 saturated carbocycles. The number of nitrogens with zero attached hydrogens (tertiary/aromatic N) is 2. The molecule has 0 spiro atoms. The third kappa shape index (κ3) is 3.27. The lowest BCUT2D eigenvalue weighted by atomic mass is 10.2. The van der Waals surface area contributed by atoms with E-state index in [4.69, 9.17) is 0 Å². The highest BCUT2D eigenvalue weighted by Gasteiger charge is 2.14. The Morgan fingerprint density at radius 1 is 1.38 bits per heavy atom. The summed E-state index contributed by atoms with van der Waals surface area (Å²) >= 11 is 5.64. The lowest BCUT2D eigenvalue weighted by Crippen LogP contribution is -2.08. The molecule has 0 aliphatic carbocycles. The molecule has 4 heteroatoms. The highest BCUT2D eigenvalue weighted by molar-refractivity contribution is 9.10. The Morgan fingerprint density at radius 2 is 2.00 bits per heavy atom. The molecule has 2 nitrogen and oxygen atoms in total. The van der Waals surface area contributed by atoms with E-state index in [9.17, 15) is 0 Å². The van der Waals surface area contributed by atoms with Crippen LogP contribution in [0.25, 0.3) is 0 Å². The fourth-order valence-corrected chi connectivity index (χ4v) is 3.12. The standard InChI is InChI=1S/C12H21BrN2S/c1-6-15-11(12(13)9(4)14-15)7-16-10(5)8(2)3/h8,10H,6-7H2,1-5H3. The van der Waals surface area contributed by atoms with Crippen LogP contribution < -0.4 is 0 Å². The van der Waals surface area contributed by atoms with E-state index in [1.807, 2.05) is 11.8 Å². The molecule has 0 N–H and O–H groups in total. The van der Waals surface area contributed by atoms with Crippen LogP contribution in [0.2, 0.25) is 0 Å². The van der Waals surface area contributed by atoms with Crippen molar-refractivity contribution in [3.05, 3.63) is 15.9 Å². The van der Waals surface area contributed by atoms with E-state index in [-0.39, 0.29) is 0 Å². The lowest BCUT2D eigenvalue weighted by Gasteiger charge is -2.15. The van der Waals surface area contributed by atoms with Crippen molar-refractivity contribution >= 4 is 27.7 Å². The third-order valence-corrected chi connectivity index (χ3v) is 5.42. The van der Waals surface area contributed by atoms with Crippen LogP contribution in [0.3, 0.4) is 0 Å². The second kappa shape index (κ2) is 6.10. The van der Waals surface area contributed by atoms with Gasteiger partial charge in [-0.1, -0.05) is 20.8 Å². The molecule has 0 saturated heterocycles. The summed E-state index contributed by atoms with van der Waals surface area (Å²) in [6, 6.07) is 0. The van der Waals surface area contributed by atoms with Crippen LogP contribution in [0.4, 0.5) is 0 Å². The van der Waals surface area contributed by atoms with Crippen LogP contribution in [0.15, 0.2) is 4.47 Å². The van der Waals surface area contributed by atoms with E-state index in [2.05, 4.69) is 60.3 Å². The largest absolute Gasteiger partial charge is 0.268 e. The van der Waals surface area contributed by atoms with Crippen molar-refractivity contribution in [1.29, 1.82) is 0 Å². The molecule has 1 rings (SSSR count). The van der Waals surface area contributed by atoms with Crippen LogP contribution in [-0.4, -0.2) is 15.0 Å². The second-order valence-corrected chi connectivity index (χ2v) is 6.58. The Morgan fingerprint density at radius 3 is 2.50 bits per heavy atom. The normalized spacial score (nSPS) is 13.4. The molecular weight excluding hydrogens is 284 g/mol. The first-order valence-electron chi connectivity index (χ1n) is 5.80. The molecule has 0 aromatic carbocycles. The average molecular weight is 305 g/mol. The molecule has 92 valence electrons. The van der Waals surface area contributed by atoms with Crippen molar-refractivity contribution in [2.24, 2.45) is 5.92 Å². The maximum absolute atomic E-state index is 4.51. The van der Waals surface area contributed by atoms with Gasteiger partial charge in [0.25, 0.3) is 0 Å². The van der Waals surface area contributed by atoms with Gasteiger partial charge in [0.15, 0.2) is 0 Å². The fraction of sp³-hybridized carbons (Fsp3) is 0.750. The second-order valence-electron chi connectivity index (χ2n) is 4.42. The number of halogens is 1. The van der Waals surface area contributed by atoms with E-state index in [1.54, 1.807) is 0 Å². The van der Waals surface area contributed by atoms with Crippen LogP contribution in [0.1, 0.15) is 39.1 Å². The topological polar surface area (TPSA) is 17.8 Å². The molecule has 0 fully saturated rings. The minimum atomic E-state index is 0.687. The van der Waals surface area contributed by atoms with Gasteiger partial charge in [-0.25, -0.2) is 0 Å². The molecule has 0 bridgehead atoms. The summed E-state index contributed by atoms with van der Waals surface area (Å²) in [5.74, 6) is 1.76. The zero-order chi connectivity index (χ0) is 12.3. The van der Waals surface area contributed by atoms with Crippen molar-refractivity contribution < 1.29 is 0 Å². The van der Waals surface area contributed by atoms with Crippen LogP contribution in [0.5, 0.6) is 0 Å². The van der Waals surface area contributed by atoms with Crippen molar-refractivity contribution in [3.63, 3.8) is 0 Å². The van der Waals surface area contributed by atoms with Crippen molar-refractivity contribution in [2.45, 2.75) is 52.2 Å². The molecule has 0 aliphatic rings. The number of hydrogen-bond donors (Lipinski definition) is 0. The first kappa shape index (κ1) is 14.1. The summed E-state index contributed by atoms with van der Waals surface area (Å²) in [5.41, 5.74) is 2.41. The third-order valence-electron chi connectivity index (χ3n) is 2.87. The lowest BCUT2D eigenvalue weighted by molar-refractivity contribution is 0.626. The Hall–Kier alpha value is 0.0400. The number of thioether (sulfide) groups is 1. The van der Waals surface area contributed by atoms with Gasteiger partial charge in [0, 0.05) is 17.5 Å². The summed E-state index contributed by atoms with van der Waals surface area (Å²) in [4.78, 5) is 0. The van der Waals surface area contributed by atoms with E-state index in [0.717, 1.165) is 23.9 Å². The molecule has 0 radical (unpaired) electrons. The van der Waals surface area contributed by atoms with E-state index in [1.165, 1.54) is 10.2 Å². The SMILES string of the molecule is CCn1nc(C)c(Br)c1CSC(C)C(C)C. The highest BCUT2D eigenvalue weighted by Crippen LogP contribution is 2.28. The van der Waals surface area contributed by atoms with Gasteiger partial charge in [0.2, 0.25) is 0 Å². The predicted octanol–water partition coefficient (Wildman–Crippen LogP) is 4.25. The van der Waals surface area contributed by atoms with Crippen LogP contribution in [0, 0.1) is 12.8 Å². The van der Waals surface area contributed by atoms with Crippen molar-refractivity contribution in [1.82, 2.24) is 9.78 Å². The van der Waals surface area contributed by atoms with Crippen LogP contribution >= 0.6 is 27.7 Å². The molecule has 0 aliphatic heterocycles. The first-order chi connectivity index (χ1) is 7.47. The Labute approximate surface area is 111 Å². The summed E-state index contributed by atoms with van der Waals surface area (Å²) in [7, 11) is 0. The van der Waals surface area contributed by atoms with Crippen molar-refractivity contribution in [2.75, 3.05) is 0 Å². The Kier molecular flexibility index (Phi) is 5.38. The number of rotatable bonds is 5. The van der Waals surface area contributed by atoms with Gasteiger partial charge in [-0.2, -0.15) is 16.9 Å². The predicted molar refractivity (Wildman–Crippen MR) is 75.9 cm³/mol. The minimum Gasteiger partial charge on any atom is -0.268 e. The Balaban J connectivity index is 2.73. The monoisotopic (exact) mass is 304 g/mol. The van der Waals surface area contributed by atoms with Gasteiger partial charge in [-0.15, -0.1) is 0 Å². The van der Waals surface area contributed by atoms with Gasteiger partial charge in [0.1, 0.15) is 0 Å². The summed E-state index contributed by atoms with van der Waals surface area (Å²) in [5, 5.41) is 5.20.